The van der Waals surface area contributed by atoms with Crippen LogP contribution in [0.3, 0.4) is 0 Å². The molecule has 6 heteroatoms. The molecule has 0 radical (unpaired) electrons. The monoisotopic (exact) mass is 957 g/mol. The summed E-state index contributed by atoms with van der Waals surface area (Å²) in [4.78, 5) is 23.4. The average molecular weight is 957 g/mol. The van der Waals surface area contributed by atoms with Crippen molar-refractivity contribution in [1.29, 1.82) is 0 Å². The molecule has 0 aliphatic carbocycles. The molecule has 0 fully saturated rings. The van der Waals surface area contributed by atoms with E-state index in [1.807, 2.05) is 85.3 Å². The fourth-order valence-electron chi connectivity index (χ4n) is 7.60. The molecule has 10 rings (SSSR count). The third kappa shape index (κ3) is 8.24. The van der Waals surface area contributed by atoms with Crippen molar-refractivity contribution in [3.05, 3.63) is 225 Å². The van der Waals surface area contributed by atoms with E-state index in [4.69, 9.17) is 9.97 Å². The molecule has 0 saturated heterocycles. The molecule has 5 nitrogen and oxygen atoms in total. The molecule has 61 heavy (non-hydrogen) atoms. The molecule has 0 aliphatic rings. The molecule has 0 bridgehead atoms. The summed E-state index contributed by atoms with van der Waals surface area (Å²) < 4.78 is 0. The summed E-state index contributed by atoms with van der Waals surface area (Å²) in [6.07, 6.45) is 9.08. The zero-order chi connectivity index (χ0) is 40.1. The van der Waals surface area contributed by atoms with Crippen molar-refractivity contribution < 1.29 is 20.1 Å². The first kappa shape index (κ1) is 39.0. The molecule has 0 N–H and O–H groups in total. The van der Waals surface area contributed by atoms with E-state index >= 15 is 0 Å². The Morgan fingerprint density at radius 3 is 1.00 bits per heavy atom. The maximum atomic E-state index is 4.94. The first-order valence-electron chi connectivity index (χ1n) is 19.7. The van der Waals surface area contributed by atoms with Crippen LogP contribution in [0.4, 0.5) is 0 Å². The van der Waals surface area contributed by atoms with Crippen molar-refractivity contribution in [2.24, 2.45) is 0 Å². The van der Waals surface area contributed by atoms with E-state index in [1.165, 1.54) is 0 Å². The van der Waals surface area contributed by atoms with E-state index in [-0.39, 0.29) is 20.1 Å². The molecule has 0 saturated carbocycles. The van der Waals surface area contributed by atoms with Crippen LogP contribution in [0.2, 0.25) is 0 Å². The van der Waals surface area contributed by atoms with Crippen molar-refractivity contribution in [3.63, 3.8) is 0 Å². The number of hydrogen-bond donors (Lipinski definition) is 0. The van der Waals surface area contributed by atoms with Crippen LogP contribution in [-0.2, 0) is 20.1 Å². The maximum absolute atomic E-state index is 4.94. The van der Waals surface area contributed by atoms with E-state index in [1.54, 1.807) is 12.4 Å². The van der Waals surface area contributed by atoms with Gasteiger partial charge in [0, 0.05) is 18.6 Å². The van der Waals surface area contributed by atoms with Gasteiger partial charge in [0.05, 0.1) is 0 Å². The van der Waals surface area contributed by atoms with Gasteiger partial charge in [-0.2, -0.15) is 0 Å². The second-order valence-electron chi connectivity index (χ2n) is 14.3. The van der Waals surface area contributed by atoms with Crippen molar-refractivity contribution in [2.45, 2.75) is 0 Å². The zero-order valence-corrected chi connectivity index (χ0v) is 35.1. The van der Waals surface area contributed by atoms with Crippen molar-refractivity contribution in [2.75, 3.05) is 0 Å². The minimum Gasteiger partial charge on any atom is -0.352 e. The third-order valence-corrected chi connectivity index (χ3v) is 10.5. The Morgan fingerprint density at radius 1 is 0.279 bits per heavy atom. The number of rotatable bonds is 9. The molecular weight excluding hydrogens is 923 g/mol. The molecule has 288 valence electrons. The summed E-state index contributed by atoms with van der Waals surface area (Å²) in [5.74, 6) is 0. The summed E-state index contributed by atoms with van der Waals surface area (Å²) in [5.41, 5.74) is 17.5. The predicted octanol–water partition coefficient (Wildman–Crippen LogP) is 13.1. The van der Waals surface area contributed by atoms with Crippen LogP contribution in [0.25, 0.3) is 101 Å². The first-order chi connectivity index (χ1) is 29.7. The number of nitrogens with zero attached hydrogens (tertiary/aromatic N) is 5. The van der Waals surface area contributed by atoms with Gasteiger partial charge in [0.15, 0.2) is 0 Å². The predicted molar refractivity (Wildman–Crippen MR) is 241 cm³/mol. The molecule has 10 aromatic rings. The first-order valence-corrected chi connectivity index (χ1v) is 19.7. The second-order valence-corrected chi connectivity index (χ2v) is 14.3. The molecule has 0 aliphatic heterocycles. The average Bonchev–Trinajstić information content (AvgIpc) is 3.35. The molecule has 0 atom stereocenters. The van der Waals surface area contributed by atoms with E-state index in [0.717, 1.165) is 101 Å². The van der Waals surface area contributed by atoms with Gasteiger partial charge in [-0.1, -0.05) is 133 Å². The smallest absolute Gasteiger partial charge is 0.352 e. The van der Waals surface area contributed by atoms with Crippen LogP contribution >= 0.6 is 0 Å². The van der Waals surface area contributed by atoms with Crippen molar-refractivity contribution in [1.82, 2.24) is 24.9 Å². The molecule has 5 aromatic heterocycles. The maximum Gasteiger partial charge on any atom is 3.00 e. The van der Waals surface area contributed by atoms with Crippen LogP contribution < -0.4 is 0 Å². The van der Waals surface area contributed by atoms with Gasteiger partial charge in [0.2, 0.25) is 0 Å². The van der Waals surface area contributed by atoms with E-state index in [0.29, 0.717) is 0 Å². The van der Waals surface area contributed by atoms with Gasteiger partial charge >= 0.3 is 20.1 Å². The van der Waals surface area contributed by atoms with Gasteiger partial charge in [-0.25, -0.2) is 0 Å². The SMILES string of the molecule is [Ir+3].[c-]1cc(-c2ccccc2-c2cc(-c3ccccc3-c3c[c-]c(-c4ccccn4)cn3)cc(-c3ccccc3-c3c[c-]c(-c4ccccn4)cn3)c2)ccc1-c1ccccn1. The summed E-state index contributed by atoms with van der Waals surface area (Å²) in [6, 6.07) is 70.5. The minimum atomic E-state index is 0. The normalized spacial score (nSPS) is 10.8. The van der Waals surface area contributed by atoms with Gasteiger partial charge in [-0.05, 0) is 109 Å². The molecule has 0 amide bonds. The molecule has 5 aromatic carbocycles. The summed E-state index contributed by atoms with van der Waals surface area (Å²) >= 11 is 0. The minimum absolute atomic E-state index is 0. The Labute approximate surface area is 369 Å². The van der Waals surface area contributed by atoms with Gasteiger partial charge in [-0.3, -0.25) is 0 Å². The van der Waals surface area contributed by atoms with E-state index < -0.39 is 0 Å². The largest absolute Gasteiger partial charge is 3.00 e. The Balaban J connectivity index is 0.00000476. The summed E-state index contributed by atoms with van der Waals surface area (Å²) in [6.45, 7) is 0. The molecular formula is C55H34IrN5. The Kier molecular flexibility index (Phi) is 11.4. The quantitative estimate of drug-likeness (QED) is 0.135. The number of pyridine rings is 5. The van der Waals surface area contributed by atoms with Crippen molar-refractivity contribution >= 4 is 0 Å². The van der Waals surface area contributed by atoms with Gasteiger partial charge in [0.25, 0.3) is 0 Å². The van der Waals surface area contributed by atoms with Gasteiger partial charge < -0.3 is 24.9 Å². The van der Waals surface area contributed by atoms with Crippen LogP contribution in [0.1, 0.15) is 0 Å². The fraction of sp³-hybridized carbons (Fsp3) is 0. The Morgan fingerprint density at radius 2 is 0.639 bits per heavy atom. The van der Waals surface area contributed by atoms with Crippen molar-refractivity contribution in [3.8, 4) is 101 Å². The van der Waals surface area contributed by atoms with Crippen LogP contribution in [-0.4, -0.2) is 24.9 Å². The van der Waals surface area contributed by atoms with Gasteiger partial charge in [-0.15, -0.1) is 65.2 Å². The zero-order valence-electron chi connectivity index (χ0n) is 32.7. The van der Waals surface area contributed by atoms with E-state index in [2.05, 4.69) is 142 Å². The number of hydrogen-bond acceptors (Lipinski definition) is 5. The number of benzene rings is 5. The molecule has 0 unspecified atom stereocenters. The summed E-state index contributed by atoms with van der Waals surface area (Å²) in [5, 5.41) is 0. The van der Waals surface area contributed by atoms with Gasteiger partial charge in [0.1, 0.15) is 0 Å². The summed E-state index contributed by atoms with van der Waals surface area (Å²) in [7, 11) is 0. The molecule has 0 spiro atoms. The van der Waals surface area contributed by atoms with Crippen LogP contribution in [0.15, 0.2) is 207 Å². The standard InChI is InChI=1S/C55H34N5.Ir/c1-2-14-46(45(13-1)38-22-24-39(25-23-38)51-19-7-10-30-56-51)42-33-43(47-15-3-5-17-49(47)54-28-26-40(36-59-54)52-20-8-11-31-57-52)35-44(34-42)48-16-4-6-18-50(48)55-29-27-41(37-60-55)53-21-9-12-32-58-53;/h1-24,28-37H;/q-3;+3. The number of aromatic nitrogens is 5. The molecule has 5 heterocycles. The Bertz CT molecular complexity index is 2700. The second kappa shape index (κ2) is 17.8. The van der Waals surface area contributed by atoms with Crippen LogP contribution in [0.5, 0.6) is 0 Å². The third-order valence-electron chi connectivity index (χ3n) is 10.5. The van der Waals surface area contributed by atoms with Crippen LogP contribution in [0, 0.1) is 18.2 Å². The topological polar surface area (TPSA) is 64.5 Å². The van der Waals surface area contributed by atoms with E-state index in [9.17, 15) is 0 Å². The Hall–Kier alpha value is -7.50. The fourth-order valence-corrected chi connectivity index (χ4v) is 7.60.